The van der Waals surface area contributed by atoms with Crippen LogP contribution in [0.15, 0.2) is 37.6 Å². The van der Waals surface area contributed by atoms with Crippen molar-refractivity contribution < 1.29 is 0 Å². The van der Waals surface area contributed by atoms with Crippen LogP contribution in [0.1, 0.15) is 59.8 Å². The summed E-state index contributed by atoms with van der Waals surface area (Å²) in [5, 5.41) is 18.6. The standard InChI is InChI=1S/2C8H9ClN4.C5H3ClN4.C5H12/c1-2-3-13-4-6-7(9)10-5-11-8(6)12-13;1-2-3-13-8-6(4-12-13)7(9)10-5-11-8;6-4-3-1-9-10-5(3)8-2-7-4;1-3-5-4-2/h2*4-5H,2-3H2,1H3;1-2H,(H,7,8,9,10);3-5H2,1-2H3. The van der Waals surface area contributed by atoms with Crippen LogP contribution >= 0.6 is 34.8 Å². The van der Waals surface area contributed by atoms with Gasteiger partial charge in [-0.1, -0.05) is 81.8 Å². The van der Waals surface area contributed by atoms with Gasteiger partial charge in [-0.25, -0.2) is 34.6 Å². The number of hydrogen-bond donors (Lipinski definition) is 1. The molecule has 41 heavy (non-hydrogen) atoms. The minimum Gasteiger partial charge on any atom is -0.270 e. The summed E-state index contributed by atoms with van der Waals surface area (Å²) >= 11 is 17.4. The van der Waals surface area contributed by atoms with Gasteiger partial charge >= 0.3 is 0 Å². The molecule has 15 heteroatoms. The van der Waals surface area contributed by atoms with Gasteiger partial charge in [0.1, 0.15) is 34.4 Å². The smallest absolute Gasteiger partial charge is 0.185 e. The number of H-pyrrole nitrogens is 1. The number of rotatable bonds is 6. The SMILES string of the molecule is CCCCC.CCCn1cc2c(Cl)ncnc2n1.CCCn1ncc2c(Cl)ncnc21.Clc1ncnc2[nH]ncc12. The maximum absolute atomic E-state index is 5.87. The fourth-order valence-corrected chi connectivity index (χ4v) is 4.06. The Morgan fingerprint density at radius 3 is 1.93 bits per heavy atom. The first-order valence-corrected chi connectivity index (χ1v) is 14.5. The number of aromatic nitrogens is 12. The number of aromatic amines is 1. The monoisotopic (exact) mass is 618 g/mol. The highest BCUT2D eigenvalue weighted by molar-refractivity contribution is 6.34. The lowest BCUT2D eigenvalue weighted by Gasteiger charge is -1.98. The van der Waals surface area contributed by atoms with Crippen molar-refractivity contribution >= 4 is 67.9 Å². The molecule has 0 radical (unpaired) electrons. The van der Waals surface area contributed by atoms with Crippen molar-refractivity contribution in [3.63, 3.8) is 0 Å². The van der Waals surface area contributed by atoms with E-state index in [2.05, 4.69) is 78.0 Å². The van der Waals surface area contributed by atoms with E-state index in [1.165, 1.54) is 38.2 Å². The quantitative estimate of drug-likeness (QED) is 0.195. The van der Waals surface area contributed by atoms with Crippen molar-refractivity contribution in [3.05, 3.63) is 53.0 Å². The molecule has 0 atom stereocenters. The van der Waals surface area contributed by atoms with Crippen LogP contribution in [0.3, 0.4) is 0 Å². The van der Waals surface area contributed by atoms with Gasteiger partial charge in [-0.15, -0.1) is 0 Å². The van der Waals surface area contributed by atoms with Crippen molar-refractivity contribution in [1.29, 1.82) is 0 Å². The average molecular weight is 620 g/mol. The van der Waals surface area contributed by atoms with Gasteiger partial charge in [0.2, 0.25) is 0 Å². The zero-order valence-corrected chi connectivity index (χ0v) is 25.7. The van der Waals surface area contributed by atoms with Gasteiger partial charge in [-0.05, 0) is 12.8 Å². The molecule has 0 fully saturated rings. The van der Waals surface area contributed by atoms with Gasteiger partial charge in [0.15, 0.2) is 16.9 Å². The van der Waals surface area contributed by atoms with Crippen molar-refractivity contribution in [3.8, 4) is 0 Å². The first kappa shape index (κ1) is 32.0. The molecule has 6 heterocycles. The van der Waals surface area contributed by atoms with Gasteiger partial charge in [-0.2, -0.15) is 15.3 Å². The summed E-state index contributed by atoms with van der Waals surface area (Å²) in [5.74, 6) is 0. The van der Waals surface area contributed by atoms with E-state index >= 15 is 0 Å². The second kappa shape index (κ2) is 16.7. The van der Waals surface area contributed by atoms with Crippen LogP contribution < -0.4 is 0 Å². The number of nitrogens with zero attached hydrogens (tertiary/aromatic N) is 11. The number of unbranched alkanes of at least 4 members (excludes halogenated alkanes) is 2. The highest BCUT2D eigenvalue weighted by Crippen LogP contribution is 2.19. The Balaban J connectivity index is 0.000000158. The molecular weight excluding hydrogens is 587 g/mol. The average Bonchev–Trinajstić information content (AvgIpc) is 3.71. The molecule has 6 aromatic rings. The topological polar surface area (TPSA) is 142 Å². The zero-order chi connectivity index (χ0) is 29.6. The number of fused-ring (bicyclic) bond motifs is 3. The molecule has 0 saturated heterocycles. The van der Waals surface area contributed by atoms with E-state index in [9.17, 15) is 0 Å². The first-order chi connectivity index (χ1) is 19.9. The Morgan fingerprint density at radius 2 is 1.32 bits per heavy atom. The minimum atomic E-state index is 0.429. The van der Waals surface area contributed by atoms with Gasteiger partial charge < -0.3 is 0 Å². The largest absolute Gasteiger partial charge is 0.270 e. The van der Waals surface area contributed by atoms with E-state index in [-0.39, 0.29) is 0 Å². The Bertz CT molecular complexity index is 1610. The highest BCUT2D eigenvalue weighted by Gasteiger charge is 2.07. The molecule has 0 aromatic carbocycles. The van der Waals surface area contributed by atoms with Crippen LogP contribution in [0, 0.1) is 0 Å². The van der Waals surface area contributed by atoms with Crippen LogP contribution in [0.25, 0.3) is 33.1 Å². The van der Waals surface area contributed by atoms with Crippen molar-refractivity contribution in [2.75, 3.05) is 0 Å². The van der Waals surface area contributed by atoms with E-state index in [0.29, 0.717) is 26.8 Å². The number of halogens is 3. The summed E-state index contributed by atoms with van der Waals surface area (Å²) in [7, 11) is 0. The molecule has 218 valence electrons. The van der Waals surface area contributed by atoms with Gasteiger partial charge in [-0.3, -0.25) is 9.78 Å². The molecule has 0 unspecified atom stereocenters. The third-order valence-electron chi connectivity index (χ3n) is 5.50. The third-order valence-corrected chi connectivity index (χ3v) is 6.40. The fourth-order valence-electron chi connectivity index (χ4n) is 3.53. The van der Waals surface area contributed by atoms with Gasteiger partial charge in [0, 0.05) is 19.3 Å². The second-order valence-corrected chi connectivity index (χ2v) is 9.79. The zero-order valence-electron chi connectivity index (χ0n) is 23.5. The van der Waals surface area contributed by atoms with Crippen LogP contribution in [-0.4, -0.2) is 59.7 Å². The summed E-state index contributed by atoms with van der Waals surface area (Å²) in [6.07, 6.45) is 15.6. The molecule has 6 rings (SSSR count). The van der Waals surface area contributed by atoms with Crippen molar-refractivity contribution in [2.45, 2.75) is 72.9 Å². The second-order valence-electron chi connectivity index (χ2n) is 8.71. The molecular formula is C26H33Cl3N12. The summed E-state index contributed by atoms with van der Waals surface area (Å²) in [5.41, 5.74) is 2.13. The van der Waals surface area contributed by atoms with Crippen LogP contribution in [-0.2, 0) is 13.1 Å². The summed E-state index contributed by atoms with van der Waals surface area (Å²) in [6, 6.07) is 0. The molecule has 0 aliphatic carbocycles. The molecule has 6 aromatic heterocycles. The molecule has 1 N–H and O–H groups in total. The van der Waals surface area contributed by atoms with Gasteiger partial charge in [0.05, 0.1) is 28.6 Å². The van der Waals surface area contributed by atoms with Crippen molar-refractivity contribution in [2.24, 2.45) is 0 Å². The molecule has 12 nitrogen and oxygen atoms in total. The summed E-state index contributed by atoms with van der Waals surface area (Å²) in [6.45, 7) is 10.4. The normalized spacial score (nSPS) is 10.5. The maximum atomic E-state index is 5.87. The molecule has 0 aliphatic rings. The van der Waals surface area contributed by atoms with Gasteiger partial charge in [0.25, 0.3) is 0 Å². The Hall–Kier alpha value is -3.48. The Kier molecular flexibility index (Phi) is 13.1. The Labute approximate surface area is 252 Å². The predicted molar refractivity (Wildman–Crippen MR) is 163 cm³/mol. The third kappa shape index (κ3) is 9.00. The van der Waals surface area contributed by atoms with E-state index < -0.39 is 0 Å². The van der Waals surface area contributed by atoms with Crippen LogP contribution in [0.4, 0.5) is 0 Å². The predicted octanol–water partition coefficient (Wildman–Crippen LogP) is 6.98. The first-order valence-electron chi connectivity index (χ1n) is 13.4. The molecule has 0 aliphatic heterocycles. The minimum absolute atomic E-state index is 0.429. The number of nitrogens with one attached hydrogen (secondary N) is 1. The lowest BCUT2D eigenvalue weighted by atomic mass is 10.3. The molecule has 0 spiro atoms. The maximum Gasteiger partial charge on any atom is 0.185 e. The van der Waals surface area contributed by atoms with E-state index in [1.54, 1.807) is 12.4 Å². The lowest BCUT2D eigenvalue weighted by molar-refractivity contribution is 0.607. The lowest BCUT2D eigenvalue weighted by Crippen LogP contribution is -1.99. The Morgan fingerprint density at radius 1 is 0.683 bits per heavy atom. The number of hydrogen-bond acceptors (Lipinski definition) is 9. The number of aryl methyl sites for hydroxylation is 2. The van der Waals surface area contributed by atoms with Crippen LogP contribution in [0.5, 0.6) is 0 Å². The fraction of sp³-hybridized carbons (Fsp3) is 0.423. The molecule has 0 saturated carbocycles. The molecule has 0 bridgehead atoms. The highest BCUT2D eigenvalue weighted by atomic mass is 35.5. The summed E-state index contributed by atoms with van der Waals surface area (Å²) < 4.78 is 3.67. The summed E-state index contributed by atoms with van der Waals surface area (Å²) in [4.78, 5) is 23.6. The van der Waals surface area contributed by atoms with Crippen molar-refractivity contribution in [1.82, 2.24) is 59.7 Å². The van der Waals surface area contributed by atoms with E-state index in [4.69, 9.17) is 34.8 Å². The van der Waals surface area contributed by atoms with E-state index in [1.807, 2.05) is 15.6 Å². The molecule has 0 amide bonds. The van der Waals surface area contributed by atoms with E-state index in [0.717, 1.165) is 47.7 Å². The van der Waals surface area contributed by atoms with Crippen LogP contribution in [0.2, 0.25) is 15.5 Å².